The lowest BCUT2D eigenvalue weighted by molar-refractivity contribution is 0.0180. The molecule has 0 saturated heterocycles. The smallest absolute Gasteiger partial charge is 0.139 e. The Balaban J connectivity index is 2.03. The molecule has 0 bridgehead atoms. The average Bonchev–Trinajstić information content (AvgIpc) is 2.40. The topological polar surface area (TPSA) is 36.9 Å². The van der Waals surface area contributed by atoms with E-state index in [1.807, 2.05) is 0 Å². The van der Waals surface area contributed by atoms with Crippen LogP contribution >= 0.6 is 23.2 Å². The fourth-order valence-corrected chi connectivity index (χ4v) is 1.60. The molecule has 1 rings (SSSR count). The maximum absolute atomic E-state index is 5.95. The molecule has 0 radical (unpaired) electrons. The molecule has 0 aliphatic carbocycles. The zero-order chi connectivity index (χ0) is 13.9. The maximum atomic E-state index is 5.95. The van der Waals surface area contributed by atoms with Crippen LogP contribution in [0.5, 0.6) is 5.75 Å². The molecule has 0 aromatic heterocycles. The number of hydrogen-bond acceptors (Lipinski definition) is 4. The first-order valence-electron chi connectivity index (χ1n) is 5.96. The average molecular weight is 309 g/mol. The zero-order valence-corrected chi connectivity index (χ0v) is 12.4. The van der Waals surface area contributed by atoms with Gasteiger partial charge in [-0.2, -0.15) is 0 Å². The first-order valence-corrected chi connectivity index (χ1v) is 6.72. The van der Waals surface area contributed by atoms with Gasteiger partial charge in [-0.15, -0.1) is 0 Å². The molecule has 0 aliphatic heterocycles. The van der Waals surface area contributed by atoms with Crippen molar-refractivity contribution >= 4 is 23.2 Å². The Morgan fingerprint density at radius 1 is 0.895 bits per heavy atom. The number of benzene rings is 1. The Labute approximate surface area is 123 Å². The van der Waals surface area contributed by atoms with Crippen LogP contribution in [0.4, 0.5) is 0 Å². The van der Waals surface area contributed by atoms with Crippen molar-refractivity contribution in [2.24, 2.45) is 0 Å². The molecule has 1 aromatic carbocycles. The van der Waals surface area contributed by atoms with Crippen LogP contribution in [0, 0.1) is 0 Å². The lowest BCUT2D eigenvalue weighted by Crippen LogP contribution is -2.12. The summed E-state index contributed by atoms with van der Waals surface area (Å²) in [5.74, 6) is 0.564. The SMILES string of the molecule is COCCOCCOCCOc1cc(Cl)ccc1Cl. The van der Waals surface area contributed by atoms with Gasteiger partial charge in [0.1, 0.15) is 12.4 Å². The third-order valence-corrected chi connectivity index (χ3v) is 2.73. The number of methoxy groups -OCH3 is 1. The first-order chi connectivity index (χ1) is 9.24. The van der Waals surface area contributed by atoms with Gasteiger partial charge >= 0.3 is 0 Å². The standard InChI is InChI=1S/C13H18Cl2O4/c1-16-4-5-17-6-7-18-8-9-19-13-10-11(14)2-3-12(13)15/h2-3,10H,4-9H2,1H3. The van der Waals surface area contributed by atoms with Gasteiger partial charge in [0.25, 0.3) is 0 Å². The van der Waals surface area contributed by atoms with E-state index in [-0.39, 0.29) is 0 Å². The van der Waals surface area contributed by atoms with Gasteiger partial charge in [0, 0.05) is 18.2 Å². The molecule has 0 amide bonds. The van der Waals surface area contributed by atoms with Crippen LogP contribution in [0.25, 0.3) is 0 Å². The van der Waals surface area contributed by atoms with Crippen molar-refractivity contribution in [2.45, 2.75) is 0 Å². The summed E-state index contributed by atoms with van der Waals surface area (Å²) in [6.07, 6.45) is 0. The minimum atomic E-state index is 0.415. The summed E-state index contributed by atoms with van der Waals surface area (Å²) in [4.78, 5) is 0. The minimum Gasteiger partial charge on any atom is -0.490 e. The van der Waals surface area contributed by atoms with E-state index in [2.05, 4.69) is 0 Å². The van der Waals surface area contributed by atoms with Crippen LogP contribution in [0.3, 0.4) is 0 Å². The highest BCUT2D eigenvalue weighted by molar-refractivity contribution is 6.34. The van der Waals surface area contributed by atoms with Crippen LogP contribution in [-0.2, 0) is 14.2 Å². The summed E-state index contributed by atoms with van der Waals surface area (Å²) in [5.41, 5.74) is 0. The van der Waals surface area contributed by atoms with Gasteiger partial charge in [-0.05, 0) is 12.1 Å². The molecule has 19 heavy (non-hydrogen) atoms. The van der Waals surface area contributed by atoms with Gasteiger partial charge in [0.15, 0.2) is 0 Å². The molecule has 0 unspecified atom stereocenters. The molecule has 1 aromatic rings. The Morgan fingerprint density at radius 2 is 1.53 bits per heavy atom. The third kappa shape index (κ3) is 7.60. The van der Waals surface area contributed by atoms with Crippen molar-refractivity contribution in [3.05, 3.63) is 28.2 Å². The van der Waals surface area contributed by atoms with E-state index in [4.69, 9.17) is 42.1 Å². The number of ether oxygens (including phenoxy) is 4. The van der Waals surface area contributed by atoms with Crippen molar-refractivity contribution in [2.75, 3.05) is 46.8 Å². The molecule has 0 fully saturated rings. The van der Waals surface area contributed by atoms with Crippen LogP contribution in [0.2, 0.25) is 10.0 Å². The largest absolute Gasteiger partial charge is 0.490 e. The summed E-state index contributed by atoms with van der Waals surface area (Å²) in [5, 5.41) is 1.12. The summed E-state index contributed by atoms with van der Waals surface area (Å²) in [7, 11) is 1.64. The van der Waals surface area contributed by atoms with Gasteiger partial charge < -0.3 is 18.9 Å². The second-order valence-electron chi connectivity index (χ2n) is 3.64. The van der Waals surface area contributed by atoms with Crippen LogP contribution in [0.1, 0.15) is 0 Å². The molecule has 0 saturated carbocycles. The van der Waals surface area contributed by atoms with Gasteiger partial charge in [-0.3, -0.25) is 0 Å². The lowest BCUT2D eigenvalue weighted by Gasteiger charge is -2.09. The highest BCUT2D eigenvalue weighted by Gasteiger charge is 2.02. The Hall–Kier alpha value is -0.520. The molecular formula is C13H18Cl2O4. The molecule has 0 N–H and O–H groups in total. The maximum Gasteiger partial charge on any atom is 0.139 e. The van der Waals surface area contributed by atoms with E-state index in [9.17, 15) is 0 Å². The van der Waals surface area contributed by atoms with E-state index in [1.54, 1.807) is 25.3 Å². The molecule has 4 nitrogen and oxygen atoms in total. The summed E-state index contributed by atoms with van der Waals surface area (Å²) in [6, 6.07) is 5.09. The molecular weight excluding hydrogens is 291 g/mol. The highest BCUT2D eigenvalue weighted by Crippen LogP contribution is 2.27. The molecule has 0 heterocycles. The number of rotatable bonds is 10. The fraction of sp³-hybridized carbons (Fsp3) is 0.538. The quantitative estimate of drug-likeness (QED) is 0.623. The van der Waals surface area contributed by atoms with Crippen molar-refractivity contribution in [1.29, 1.82) is 0 Å². The monoisotopic (exact) mass is 308 g/mol. The van der Waals surface area contributed by atoms with Gasteiger partial charge in [-0.25, -0.2) is 0 Å². The second kappa shape index (κ2) is 10.3. The normalized spacial score (nSPS) is 10.7. The molecule has 108 valence electrons. The van der Waals surface area contributed by atoms with E-state index in [0.717, 1.165) is 0 Å². The van der Waals surface area contributed by atoms with Gasteiger partial charge in [0.05, 0.1) is 38.1 Å². The molecule has 0 aliphatic rings. The van der Waals surface area contributed by atoms with Gasteiger partial charge in [-0.1, -0.05) is 23.2 Å². The molecule has 0 spiro atoms. The molecule has 0 atom stereocenters. The Kier molecular flexibility index (Phi) is 8.95. The number of hydrogen-bond donors (Lipinski definition) is 0. The van der Waals surface area contributed by atoms with Crippen molar-refractivity contribution in [3.63, 3.8) is 0 Å². The second-order valence-corrected chi connectivity index (χ2v) is 4.48. The van der Waals surface area contributed by atoms with Crippen LogP contribution in [-0.4, -0.2) is 46.8 Å². The minimum absolute atomic E-state index is 0.415. The Morgan fingerprint density at radius 3 is 2.21 bits per heavy atom. The predicted octanol–water partition coefficient (Wildman–Crippen LogP) is 3.05. The van der Waals surface area contributed by atoms with Crippen molar-refractivity contribution < 1.29 is 18.9 Å². The van der Waals surface area contributed by atoms with Crippen molar-refractivity contribution in [3.8, 4) is 5.75 Å². The van der Waals surface area contributed by atoms with Gasteiger partial charge in [0.2, 0.25) is 0 Å². The van der Waals surface area contributed by atoms with E-state index in [0.29, 0.717) is 55.4 Å². The lowest BCUT2D eigenvalue weighted by atomic mass is 10.3. The fourth-order valence-electron chi connectivity index (χ4n) is 1.26. The van der Waals surface area contributed by atoms with E-state index >= 15 is 0 Å². The van der Waals surface area contributed by atoms with Crippen LogP contribution < -0.4 is 4.74 Å². The zero-order valence-electron chi connectivity index (χ0n) is 10.9. The summed E-state index contributed by atoms with van der Waals surface area (Å²) in [6.45, 7) is 3.12. The molecule has 6 heteroatoms. The first kappa shape index (κ1) is 16.5. The van der Waals surface area contributed by atoms with Crippen molar-refractivity contribution in [1.82, 2.24) is 0 Å². The summed E-state index contributed by atoms with van der Waals surface area (Å²) < 4.78 is 20.9. The summed E-state index contributed by atoms with van der Waals surface area (Å²) >= 11 is 11.8. The van der Waals surface area contributed by atoms with E-state index in [1.165, 1.54) is 0 Å². The third-order valence-electron chi connectivity index (χ3n) is 2.18. The highest BCUT2D eigenvalue weighted by atomic mass is 35.5. The Bertz CT molecular complexity index is 360. The number of halogens is 2. The van der Waals surface area contributed by atoms with Crippen LogP contribution in [0.15, 0.2) is 18.2 Å². The van der Waals surface area contributed by atoms with E-state index < -0.39 is 0 Å². The predicted molar refractivity (Wildman–Crippen MR) is 75.5 cm³/mol.